The molecule has 0 saturated carbocycles. The molecule has 1 aliphatic heterocycles. The molecule has 2 aromatic carbocycles. The van der Waals surface area contributed by atoms with E-state index in [1.54, 1.807) is 31.4 Å². The number of carbonyl (C=O) groups is 1. The third-order valence-corrected chi connectivity index (χ3v) is 5.13. The Balaban J connectivity index is 1.32. The molecule has 0 aliphatic carbocycles. The van der Waals surface area contributed by atoms with Crippen LogP contribution in [0.25, 0.3) is 0 Å². The maximum Gasteiger partial charge on any atom is 0.349 e. The number of nitrogens with one attached hydrogen (secondary N) is 2. The van der Waals surface area contributed by atoms with Crippen LogP contribution in [0.5, 0.6) is 11.5 Å². The van der Waals surface area contributed by atoms with Crippen LogP contribution in [0, 0.1) is 0 Å². The van der Waals surface area contributed by atoms with Gasteiger partial charge in [-0.2, -0.15) is 4.98 Å². The van der Waals surface area contributed by atoms with E-state index in [1.807, 2.05) is 24.3 Å². The SMILES string of the molecule is COc1cccc(NC(=O)n2nc(Nc3ccc(OCCN4CCCC4)cc3)nc2N)c1. The highest BCUT2D eigenvalue weighted by Gasteiger charge is 2.15. The number of methoxy groups -OCH3 is 1. The van der Waals surface area contributed by atoms with Crippen LogP contribution in [-0.2, 0) is 0 Å². The highest BCUT2D eigenvalue weighted by molar-refractivity contribution is 5.92. The number of amides is 1. The predicted molar refractivity (Wildman–Crippen MR) is 123 cm³/mol. The topological polar surface area (TPSA) is 120 Å². The zero-order chi connectivity index (χ0) is 22.3. The highest BCUT2D eigenvalue weighted by atomic mass is 16.5. The molecule has 2 heterocycles. The number of benzene rings is 2. The fraction of sp³-hybridized carbons (Fsp3) is 0.318. The first-order chi connectivity index (χ1) is 15.6. The van der Waals surface area contributed by atoms with E-state index in [2.05, 4.69) is 25.6 Å². The van der Waals surface area contributed by atoms with Gasteiger partial charge in [0.05, 0.1) is 7.11 Å². The molecule has 0 bridgehead atoms. The largest absolute Gasteiger partial charge is 0.497 e. The highest BCUT2D eigenvalue weighted by Crippen LogP contribution is 2.20. The van der Waals surface area contributed by atoms with Crippen molar-refractivity contribution >= 4 is 29.3 Å². The van der Waals surface area contributed by atoms with Gasteiger partial charge in [0.2, 0.25) is 11.9 Å². The fourth-order valence-corrected chi connectivity index (χ4v) is 3.47. The number of nitrogen functional groups attached to an aromatic ring is 1. The maximum atomic E-state index is 12.5. The van der Waals surface area contributed by atoms with E-state index < -0.39 is 6.03 Å². The smallest absolute Gasteiger partial charge is 0.349 e. The van der Waals surface area contributed by atoms with Gasteiger partial charge in [0, 0.05) is 24.0 Å². The number of rotatable bonds is 8. The summed E-state index contributed by atoms with van der Waals surface area (Å²) in [5.41, 5.74) is 7.18. The van der Waals surface area contributed by atoms with Crippen LogP contribution in [0.2, 0.25) is 0 Å². The number of ether oxygens (including phenoxy) is 2. The van der Waals surface area contributed by atoms with E-state index in [0.717, 1.165) is 35.8 Å². The van der Waals surface area contributed by atoms with Crippen LogP contribution in [0.15, 0.2) is 48.5 Å². The first kappa shape index (κ1) is 21.4. The lowest BCUT2D eigenvalue weighted by Gasteiger charge is -2.15. The number of nitrogens with two attached hydrogens (primary N) is 1. The molecule has 10 nitrogen and oxygen atoms in total. The molecule has 10 heteroatoms. The summed E-state index contributed by atoms with van der Waals surface area (Å²) in [5, 5.41) is 9.90. The Labute approximate surface area is 186 Å². The molecule has 0 unspecified atom stereocenters. The molecule has 1 aromatic heterocycles. The Morgan fingerprint density at radius 3 is 2.62 bits per heavy atom. The second-order valence-corrected chi connectivity index (χ2v) is 7.41. The molecule has 0 atom stereocenters. The number of carbonyl (C=O) groups excluding carboxylic acids is 1. The Hall–Kier alpha value is -3.79. The van der Waals surface area contributed by atoms with E-state index >= 15 is 0 Å². The third-order valence-electron chi connectivity index (χ3n) is 5.13. The number of anilines is 4. The standard InChI is InChI=1S/C22H27N7O3/c1-31-19-6-4-5-17(15-19)25-22(30)29-20(23)26-21(27-29)24-16-7-9-18(10-8-16)32-14-13-28-11-2-3-12-28/h4-10,15H,2-3,11-14H2,1H3,(H,25,30)(H3,23,24,26,27). The summed E-state index contributed by atoms with van der Waals surface area (Å²) >= 11 is 0. The van der Waals surface area contributed by atoms with Crippen LogP contribution in [0.1, 0.15) is 12.8 Å². The van der Waals surface area contributed by atoms with E-state index in [4.69, 9.17) is 15.2 Å². The molecular weight excluding hydrogens is 410 g/mol. The van der Waals surface area contributed by atoms with Crippen molar-refractivity contribution < 1.29 is 14.3 Å². The summed E-state index contributed by atoms with van der Waals surface area (Å²) in [4.78, 5) is 19.0. The molecule has 0 radical (unpaired) electrons. The summed E-state index contributed by atoms with van der Waals surface area (Å²) in [7, 11) is 1.56. The normalized spacial score (nSPS) is 13.7. The number of likely N-dealkylation sites (tertiary alicyclic amines) is 1. The molecule has 4 rings (SSSR count). The van der Waals surface area contributed by atoms with E-state index in [9.17, 15) is 4.79 Å². The quantitative estimate of drug-likeness (QED) is 0.492. The zero-order valence-electron chi connectivity index (χ0n) is 18.0. The fourth-order valence-electron chi connectivity index (χ4n) is 3.47. The molecule has 4 N–H and O–H groups in total. The molecule has 3 aromatic rings. The third kappa shape index (κ3) is 5.46. The van der Waals surface area contributed by atoms with Crippen LogP contribution in [0.4, 0.5) is 28.1 Å². The van der Waals surface area contributed by atoms with Gasteiger partial charge in [0.15, 0.2) is 0 Å². The second kappa shape index (κ2) is 10.0. The van der Waals surface area contributed by atoms with Crippen molar-refractivity contribution in [2.24, 2.45) is 0 Å². The molecule has 1 amide bonds. The van der Waals surface area contributed by atoms with Crippen molar-refractivity contribution in [1.82, 2.24) is 19.7 Å². The second-order valence-electron chi connectivity index (χ2n) is 7.41. The molecular formula is C22H27N7O3. The Kier molecular flexibility index (Phi) is 6.71. The molecule has 1 saturated heterocycles. The van der Waals surface area contributed by atoms with Gasteiger partial charge >= 0.3 is 6.03 Å². The Morgan fingerprint density at radius 1 is 1.09 bits per heavy atom. The summed E-state index contributed by atoms with van der Waals surface area (Å²) in [6.45, 7) is 3.93. The van der Waals surface area contributed by atoms with Gasteiger partial charge in [-0.05, 0) is 62.3 Å². The van der Waals surface area contributed by atoms with Crippen LogP contribution < -0.4 is 25.8 Å². The van der Waals surface area contributed by atoms with Crippen molar-refractivity contribution in [2.45, 2.75) is 12.8 Å². The molecule has 1 fully saturated rings. The van der Waals surface area contributed by atoms with Crippen LogP contribution >= 0.6 is 0 Å². The van der Waals surface area contributed by atoms with Gasteiger partial charge < -0.3 is 25.8 Å². The maximum absolute atomic E-state index is 12.5. The number of hydrogen-bond donors (Lipinski definition) is 3. The van der Waals surface area contributed by atoms with Gasteiger partial charge in [-0.25, -0.2) is 4.79 Å². The minimum atomic E-state index is -0.530. The molecule has 0 spiro atoms. The average Bonchev–Trinajstić information content (AvgIpc) is 3.44. The zero-order valence-corrected chi connectivity index (χ0v) is 18.0. The molecule has 1 aliphatic rings. The van der Waals surface area contributed by atoms with Crippen molar-refractivity contribution in [3.05, 3.63) is 48.5 Å². The monoisotopic (exact) mass is 437 g/mol. The van der Waals surface area contributed by atoms with Gasteiger partial charge in [-0.1, -0.05) is 6.07 Å². The lowest BCUT2D eigenvalue weighted by atomic mass is 10.3. The van der Waals surface area contributed by atoms with E-state index in [-0.39, 0.29) is 11.9 Å². The first-order valence-corrected chi connectivity index (χ1v) is 10.5. The van der Waals surface area contributed by atoms with Crippen LogP contribution in [0.3, 0.4) is 0 Å². The van der Waals surface area contributed by atoms with Crippen LogP contribution in [-0.4, -0.2) is 59.0 Å². The lowest BCUT2D eigenvalue weighted by Crippen LogP contribution is -2.25. The summed E-state index contributed by atoms with van der Waals surface area (Å²) in [5.74, 6) is 1.60. The van der Waals surface area contributed by atoms with Gasteiger partial charge in [0.25, 0.3) is 0 Å². The summed E-state index contributed by atoms with van der Waals surface area (Å²) in [6, 6.07) is 13.9. The Bertz CT molecular complexity index is 1050. The minimum absolute atomic E-state index is 0.0326. The summed E-state index contributed by atoms with van der Waals surface area (Å²) in [6.07, 6.45) is 2.55. The van der Waals surface area contributed by atoms with Gasteiger partial charge in [-0.3, -0.25) is 4.90 Å². The lowest BCUT2D eigenvalue weighted by molar-refractivity contribution is 0.238. The van der Waals surface area contributed by atoms with E-state index in [0.29, 0.717) is 18.0 Å². The van der Waals surface area contributed by atoms with Crippen molar-refractivity contribution in [3.8, 4) is 11.5 Å². The van der Waals surface area contributed by atoms with Gasteiger partial charge in [0.1, 0.15) is 18.1 Å². The molecule has 32 heavy (non-hydrogen) atoms. The van der Waals surface area contributed by atoms with Crippen molar-refractivity contribution in [3.63, 3.8) is 0 Å². The summed E-state index contributed by atoms with van der Waals surface area (Å²) < 4.78 is 12.0. The van der Waals surface area contributed by atoms with Gasteiger partial charge in [-0.15, -0.1) is 9.78 Å². The Morgan fingerprint density at radius 2 is 1.88 bits per heavy atom. The number of aromatic nitrogens is 3. The minimum Gasteiger partial charge on any atom is -0.497 e. The molecule has 168 valence electrons. The van der Waals surface area contributed by atoms with Crippen molar-refractivity contribution in [2.75, 3.05) is 49.7 Å². The predicted octanol–water partition coefficient (Wildman–Crippen LogP) is 3.17. The van der Waals surface area contributed by atoms with E-state index in [1.165, 1.54) is 12.8 Å². The number of hydrogen-bond acceptors (Lipinski definition) is 8. The van der Waals surface area contributed by atoms with Crippen molar-refractivity contribution in [1.29, 1.82) is 0 Å². The first-order valence-electron chi connectivity index (χ1n) is 10.5. The number of nitrogens with zero attached hydrogens (tertiary/aromatic N) is 4. The average molecular weight is 438 g/mol.